The van der Waals surface area contributed by atoms with Gasteiger partial charge in [0.1, 0.15) is 12.2 Å². The first-order valence-electron chi connectivity index (χ1n) is 8.37. The van der Waals surface area contributed by atoms with Crippen molar-refractivity contribution in [3.8, 4) is 5.75 Å². The average molecular weight is 404 g/mol. The molecule has 0 aliphatic carbocycles. The second-order valence-electron chi connectivity index (χ2n) is 5.70. The lowest BCUT2D eigenvalue weighted by molar-refractivity contribution is -0.386. The van der Waals surface area contributed by atoms with Gasteiger partial charge in [-0.3, -0.25) is 14.9 Å². The zero-order valence-electron chi connectivity index (χ0n) is 15.3. The van der Waals surface area contributed by atoms with Crippen molar-refractivity contribution in [3.05, 3.63) is 74.3 Å². The number of benzene rings is 2. The molecule has 0 spiro atoms. The smallest absolute Gasteiger partial charge is 0.341 e. The van der Waals surface area contributed by atoms with Crippen molar-refractivity contribution in [1.82, 2.24) is 0 Å². The molecule has 0 aromatic heterocycles. The monoisotopic (exact) mass is 403 g/mol. The van der Waals surface area contributed by atoms with E-state index in [9.17, 15) is 19.7 Å². The van der Waals surface area contributed by atoms with Crippen LogP contribution in [0, 0.1) is 10.1 Å². The van der Waals surface area contributed by atoms with Crippen LogP contribution in [-0.2, 0) is 20.9 Å². The van der Waals surface area contributed by atoms with Gasteiger partial charge in [-0.05, 0) is 37.6 Å². The third-order valence-corrected chi connectivity index (χ3v) is 3.94. The maximum absolute atomic E-state index is 12.0. The first kappa shape index (κ1) is 21.1. The Balaban J connectivity index is 2.45. The van der Waals surface area contributed by atoms with E-state index in [2.05, 4.69) is 0 Å². The number of hydrogen-bond acceptors (Lipinski definition) is 6. The van der Waals surface area contributed by atoms with Gasteiger partial charge in [-0.25, -0.2) is 4.79 Å². The zero-order chi connectivity index (χ0) is 20.7. The molecule has 0 atom stereocenters. The minimum absolute atomic E-state index is 0.0394. The predicted molar refractivity (Wildman–Crippen MR) is 104 cm³/mol. The van der Waals surface area contributed by atoms with Crippen molar-refractivity contribution in [2.45, 2.75) is 20.5 Å². The van der Waals surface area contributed by atoms with Crippen LogP contribution in [0.4, 0.5) is 5.69 Å². The highest BCUT2D eigenvalue weighted by molar-refractivity contribution is 6.30. The Morgan fingerprint density at radius 2 is 1.86 bits per heavy atom. The Morgan fingerprint density at radius 3 is 2.43 bits per heavy atom. The molecule has 0 bridgehead atoms. The number of carbonyl (C=O) groups is 2. The third kappa shape index (κ3) is 5.40. The fourth-order valence-corrected chi connectivity index (χ4v) is 2.49. The summed E-state index contributed by atoms with van der Waals surface area (Å²) in [7, 11) is 0. The number of rotatable bonds is 8. The molecule has 28 heavy (non-hydrogen) atoms. The van der Waals surface area contributed by atoms with Crippen molar-refractivity contribution >= 4 is 35.1 Å². The lowest BCUT2D eigenvalue weighted by Crippen LogP contribution is -2.13. The number of Topliss-reactive ketones (excluding diaryl/α,β-unsaturated/α-hetero) is 1. The van der Waals surface area contributed by atoms with Crippen LogP contribution in [0.5, 0.6) is 5.75 Å². The minimum Gasteiger partial charge on any atom is -0.482 e. The molecule has 0 N–H and O–H groups in total. The van der Waals surface area contributed by atoms with E-state index in [0.29, 0.717) is 5.02 Å². The molecule has 8 heteroatoms. The lowest BCUT2D eigenvalue weighted by Gasteiger charge is -2.11. The third-order valence-electron chi connectivity index (χ3n) is 3.69. The molecule has 0 unspecified atom stereocenters. The second-order valence-corrected chi connectivity index (χ2v) is 6.14. The lowest BCUT2D eigenvalue weighted by atomic mass is 10.1. The molecule has 0 amide bonds. The second kappa shape index (κ2) is 9.66. The molecule has 0 saturated heterocycles. The molecule has 146 valence electrons. The van der Waals surface area contributed by atoms with E-state index < -0.39 is 16.7 Å². The van der Waals surface area contributed by atoms with Crippen LogP contribution in [0.1, 0.15) is 25.0 Å². The number of nitrogens with zero attached hydrogens (tertiary/aromatic N) is 1. The van der Waals surface area contributed by atoms with E-state index in [-0.39, 0.29) is 35.8 Å². The van der Waals surface area contributed by atoms with Crippen molar-refractivity contribution in [3.63, 3.8) is 0 Å². The molecule has 2 aromatic rings. The fraction of sp³-hybridized carbons (Fsp3) is 0.200. The average Bonchev–Trinajstić information content (AvgIpc) is 2.65. The number of nitro groups is 1. The number of nitro benzene ring substituents is 1. The number of halogens is 1. The molecule has 0 aliphatic heterocycles. The molecular formula is C20H18ClNO6. The Kier molecular flexibility index (Phi) is 7.28. The van der Waals surface area contributed by atoms with Gasteiger partial charge in [0.2, 0.25) is 5.75 Å². The Bertz CT molecular complexity index is 921. The van der Waals surface area contributed by atoms with E-state index in [1.54, 1.807) is 31.2 Å². The number of ether oxygens (including phenoxy) is 2. The molecule has 0 radical (unpaired) electrons. The van der Waals surface area contributed by atoms with E-state index in [1.165, 1.54) is 31.2 Å². The van der Waals surface area contributed by atoms with Gasteiger partial charge in [0.25, 0.3) is 0 Å². The van der Waals surface area contributed by atoms with E-state index in [1.807, 2.05) is 0 Å². The molecule has 0 saturated carbocycles. The summed E-state index contributed by atoms with van der Waals surface area (Å²) in [5, 5.41) is 12.0. The largest absolute Gasteiger partial charge is 0.482 e. The quantitative estimate of drug-likeness (QED) is 0.162. The van der Waals surface area contributed by atoms with Gasteiger partial charge in [0, 0.05) is 16.7 Å². The van der Waals surface area contributed by atoms with Crippen LogP contribution in [0.3, 0.4) is 0 Å². The maximum atomic E-state index is 12.0. The summed E-state index contributed by atoms with van der Waals surface area (Å²) in [6.45, 7) is 2.97. The summed E-state index contributed by atoms with van der Waals surface area (Å²) in [5.74, 6) is -1.37. The molecule has 0 heterocycles. The van der Waals surface area contributed by atoms with Crippen LogP contribution in [0.2, 0.25) is 5.02 Å². The summed E-state index contributed by atoms with van der Waals surface area (Å²) in [4.78, 5) is 34.7. The maximum Gasteiger partial charge on any atom is 0.341 e. The summed E-state index contributed by atoms with van der Waals surface area (Å²) < 4.78 is 10.6. The van der Waals surface area contributed by atoms with Gasteiger partial charge >= 0.3 is 11.7 Å². The summed E-state index contributed by atoms with van der Waals surface area (Å²) >= 11 is 5.85. The molecule has 0 aliphatic rings. The standard InChI is InChI=1S/C20H18ClNO6/c1-3-27-20(24)17(13(2)23)11-15-5-4-6-18(22(25)26)19(15)28-12-14-7-9-16(21)10-8-14/h4-11H,3,12H2,1-2H3. The zero-order valence-corrected chi connectivity index (χ0v) is 16.1. The highest BCUT2D eigenvalue weighted by Gasteiger charge is 2.22. The highest BCUT2D eigenvalue weighted by atomic mass is 35.5. The number of esters is 1. The molecule has 7 nitrogen and oxygen atoms in total. The SMILES string of the molecule is CCOC(=O)C(=Cc1cccc([N+](=O)[O-])c1OCc1ccc(Cl)cc1)C(C)=O. The first-order chi connectivity index (χ1) is 13.3. The van der Waals surface area contributed by atoms with Crippen molar-refractivity contribution in [2.75, 3.05) is 6.61 Å². The predicted octanol–water partition coefficient (Wildman–Crippen LogP) is 4.36. The molecule has 0 fully saturated rings. The Labute approximate surface area is 166 Å². The van der Waals surface area contributed by atoms with E-state index >= 15 is 0 Å². The van der Waals surface area contributed by atoms with Crippen LogP contribution in [0.15, 0.2) is 48.0 Å². The summed E-state index contributed by atoms with van der Waals surface area (Å²) in [6.07, 6.45) is 1.24. The van der Waals surface area contributed by atoms with Crippen LogP contribution >= 0.6 is 11.6 Å². The van der Waals surface area contributed by atoms with Crippen molar-refractivity contribution < 1.29 is 24.0 Å². The van der Waals surface area contributed by atoms with Gasteiger partial charge in [0.05, 0.1) is 11.5 Å². The fourth-order valence-electron chi connectivity index (χ4n) is 2.36. The van der Waals surface area contributed by atoms with Gasteiger partial charge in [-0.15, -0.1) is 0 Å². The van der Waals surface area contributed by atoms with Gasteiger partial charge in [0.15, 0.2) is 5.78 Å². The molecule has 2 rings (SSSR count). The normalized spacial score (nSPS) is 11.0. The minimum atomic E-state index is -0.801. The summed E-state index contributed by atoms with van der Waals surface area (Å²) in [5.41, 5.74) is 0.462. The summed E-state index contributed by atoms with van der Waals surface area (Å²) in [6, 6.07) is 11.1. The number of hydrogen-bond donors (Lipinski definition) is 0. The Hall–Kier alpha value is -3.19. The highest BCUT2D eigenvalue weighted by Crippen LogP contribution is 2.33. The van der Waals surface area contributed by atoms with Gasteiger partial charge < -0.3 is 9.47 Å². The van der Waals surface area contributed by atoms with Crippen molar-refractivity contribution in [1.29, 1.82) is 0 Å². The van der Waals surface area contributed by atoms with E-state index in [0.717, 1.165) is 5.56 Å². The molecular weight excluding hydrogens is 386 g/mol. The first-order valence-corrected chi connectivity index (χ1v) is 8.75. The number of carbonyl (C=O) groups excluding carboxylic acids is 2. The Morgan fingerprint density at radius 1 is 1.18 bits per heavy atom. The van der Waals surface area contributed by atoms with Crippen LogP contribution < -0.4 is 4.74 Å². The van der Waals surface area contributed by atoms with Crippen LogP contribution in [-0.4, -0.2) is 23.3 Å². The topological polar surface area (TPSA) is 95.7 Å². The van der Waals surface area contributed by atoms with Crippen molar-refractivity contribution in [2.24, 2.45) is 0 Å². The number of para-hydroxylation sites is 1. The molecule has 2 aromatic carbocycles. The van der Waals surface area contributed by atoms with Gasteiger partial charge in [-0.1, -0.05) is 35.9 Å². The van der Waals surface area contributed by atoms with E-state index in [4.69, 9.17) is 21.1 Å². The van der Waals surface area contributed by atoms with Crippen LogP contribution in [0.25, 0.3) is 6.08 Å². The van der Waals surface area contributed by atoms with Gasteiger partial charge in [-0.2, -0.15) is 0 Å². The number of ketones is 1.